The van der Waals surface area contributed by atoms with E-state index < -0.39 is 23.8 Å². The van der Waals surface area contributed by atoms with E-state index in [4.69, 9.17) is 4.74 Å². The first-order chi connectivity index (χ1) is 14.6. The minimum atomic E-state index is -0.832. The lowest BCUT2D eigenvalue weighted by molar-refractivity contribution is -0.142. The summed E-state index contributed by atoms with van der Waals surface area (Å²) in [6.45, 7) is 12.0. The SMILES string of the molecule is CCCCNC(=O)C(c1ccccc1)N(CCCC)C(=O)C(C)NC(=O)OC(C)(C)C. The zero-order valence-corrected chi connectivity index (χ0v) is 19.9. The predicted octanol–water partition coefficient (Wildman–Crippen LogP) is 4.19. The third-order valence-electron chi connectivity index (χ3n) is 4.64. The molecule has 0 saturated carbocycles. The van der Waals surface area contributed by atoms with Crippen molar-refractivity contribution in [3.8, 4) is 0 Å². The first-order valence-corrected chi connectivity index (χ1v) is 11.2. The van der Waals surface area contributed by atoms with E-state index in [0.717, 1.165) is 31.2 Å². The highest BCUT2D eigenvalue weighted by Gasteiger charge is 2.34. The Morgan fingerprint density at radius 1 is 1.03 bits per heavy atom. The van der Waals surface area contributed by atoms with Gasteiger partial charge in [0, 0.05) is 13.1 Å². The van der Waals surface area contributed by atoms with Crippen molar-refractivity contribution in [3.05, 3.63) is 35.9 Å². The van der Waals surface area contributed by atoms with Crippen molar-refractivity contribution < 1.29 is 19.1 Å². The van der Waals surface area contributed by atoms with Crippen LogP contribution in [0.5, 0.6) is 0 Å². The third kappa shape index (κ3) is 9.40. The summed E-state index contributed by atoms with van der Waals surface area (Å²) in [7, 11) is 0. The molecule has 0 radical (unpaired) electrons. The zero-order valence-electron chi connectivity index (χ0n) is 19.9. The van der Waals surface area contributed by atoms with E-state index in [1.54, 1.807) is 32.6 Å². The lowest BCUT2D eigenvalue weighted by Gasteiger charge is -2.33. The number of alkyl carbamates (subject to hydrolysis) is 1. The van der Waals surface area contributed by atoms with Gasteiger partial charge >= 0.3 is 6.09 Å². The summed E-state index contributed by atoms with van der Waals surface area (Å²) in [6, 6.07) is 7.69. The van der Waals surface area contributed by atoms with Gasteiger partial charge in [-0.1, -0.05) is 57.0 Å². The number of ether oxygens (including phenoxy) is 1. The molecule has 174 valence electrons. The Balaban J connectivity index is 3.14. The number of amides is 3. The summed E-state index contributed by atoms with van der Waals surface area (Å²) in [5.74, 6) is -0.535. The first kappa shape index (κ1) is 26.5. The van der Waals surface area contributed by atoms with Gasteiger partial charge in [-0.15, -0.1) is 0 Å². The van der Waals surface area contributed by atoms with Crippen LogP contribution in [0.15, 0.2) is 30.3 Å². The molecule has 2 N–H and O–H groups in total. The Kier molecular flexibility index (Phi) is 11.1. The van der Waals surface area contributed by atoms with Gasteiger partial charge in [-0.3, -0.25) is 9.59 Å². The van der Waals surface area contributed by atoms with Crippen LogP contribution < -0.4 is 10.6 Å². The highest BCUT2D eigenvalue weighted by molar-refractivity contribution is 5.91. The summed E-state index contributed by atoms with van der Waals surface area (Å²) in [5.41, 5.74) is 0.0749. The maximum absolute atomic E-state index is 13.4. The number of rotatable bonds is 11. The molecule has 0 aliphatic rings. The molecule has 0 aliphatic carbocycles. The van der Waals surface area contributed by atoms with Gasteiger partial charge in [0.25, 0.3) is 0 Å². The number of benzene rings is 1. The van der Waals surface area contributed by atoms with Gasteiger partial charge in [-0.2, -0.15) is 0 Å². The standard InChI is InChI=1S/C24H39N3O4/c1-7-9-16-25-21(28)20(19-14-12-11-13-15-19)27(17-10-8-2)22(29)18(3)26-23(30)31-24(4,5)6/h11-15,18,20H,7-10,16-17H2,1-6H3,(H,25,28)(H,26,30). The number of carbonyl (C=O) groups excluding carboxylic acids is 3. The van der Waals surface area contributed by atoms with Crippen molar-refractivity contribution in [1.82, 2.24) is 15.5 Å². The number of hydrogen-bond donors (Lipinski definition) is 2. The summed E-state index contributed by atoms with van der Waals surface area (Å²) >= 11 is 0. The summed E-state index contributed by atoms with van der Waals surface area (Å²) < 4.78 is 5.28. The Hall–Kier alpha value is -2.57. The van der Waals surface area contributed by atoms with E-state index >= 15 is 0 Å². The molecule has 0 fully saturated rings. The van der Waals surface area contributed by atoms with E-state index in [-0.39, 0.29) is 11.8 Å². The van der Waals surface area contributed by atoms with Gasteiger partial charge in [0.05, 0.1) is 0 Å². The Morgan fingerprint density at radius 2 is 1.65 bits per heavy atom. The van der Waals surface area contributed by atoms with Crippen molar-refractivity contribution in [1.29, 1.82) is 0 Å². The van der Waals surface area contributed by atoms with Crippen LogP contribution in [-0.4, -0.2) is 47.5 Å². The van der Waals surface area contributed by atoms with Crippen LogP contribution in [0.1, 0.15) is 78.8 Å². The van der Waals surface area contributed by atoms with E-state index in [0.29, 0.717) is 13.1 Å². The molecule has 0 aliphatic heterocycles. The lowest BCUT2D eigenvalue weighted by atomic mass is 10.0. The van der Waals surface area contributed by atoms with Crippen molar-refractivity contribution in [2.75, 3.05) is 13.1 Å². The molecule has 2 atom stereocenters. The van der Waals surface area contributed by atoms with Crippen LogP contribution in [0, 0.1) is 0 Å². The summed E-state index contributed by atoms with van der Waals surface area (Å²) in [5, 5.41) is 5.57. The Morgan fingerprint density at radius 3 is 2.19 bits per heavy atom. The molecule has 0 heterocycles. The molecule has 1 rings (SSSR count). The van der Waals surface area contributed by atoms with Crippen molar-refractivity contribution in [3.63, 3.8) is 0 Å². The summed E-state index contributed by atoms with van der Waals surface area (Å²) in [4.78, 5) is 40.3. The molecule has 31 heavy (non-hydrogen) atoms. The van der Waals surface area contributed by atoms with E-state index in [2.05, 4.69) is 17.6 Å². The van der Waals surface area contributed by atoms with Gasteiger partial charge in [0.15, 0.2) is 0 Å². The molecule has 1 aromatic rings. The van der Waals surface area contributed by atoms with Crippen LogP contribution in [0.4, 0.5) is 4.79 Å². The highest BCUT2D eigenvalue weighted by Crippen LogP contribution is 2.23. The maximum Gasteiger partial charge on any atom is 0.408 e. The molecular formula is C24H39N3O4. The molecule has 3 amide bonds. The monoisotopic (exact) mass is 433 g/mol. The largest absolute Gasteiger partial charge is 0.444 e. The average molecular weight is 434 g/mol. The van der Waals surface area contributed by atoms with Crippen LogP contribution in [0.3, 0.4) is 0 Å². The second-order valence-electron chi connectivity index (χ2n) is 8.71. The molecular weight excluding hydrogens is 394 g/mol. The quantitative estimate of drug-likeness (QED) is 0.512. The Labute approximate surface area is 186 Å². The maximum atomic E-state index is 13.4. The van der Waals surface area contributed by atoms with E-state index in [9.17, 15) is 14.4 Å². The minimum absolute atomic E-state index is 0.214. The number of unbranched alkanes of at least 4 members (excludes halogenated alkanes) is 2. The molecule has 7 nitrogen and oxygen atoms in total. The first-order valence-electron chi connectivity index (χ1n) is 11.2. The average Bonchev–Trinajstić information content (AvgIpc) is 2.69. The van der Waals surface area contributed by atoms with E-state index in [1.165, 1.54) is 0 Å². The molecule has 1 aromatic carbocycles. The summed E-state index contributed by atoms with van der Waals surface area (Å²) in [6.07, 6.45) is 2.79. The number of carbonyl (C=O) groups is 3. The van der Waals surface area contributed by atoms with Crippen LogP contribution in [0.2, 0.25) is 0 Å². The molecule has 7 heteroatoms. The van der Waals surface area contributed by atoms with Gasteiger partial charge < -0.3 is 20.3 Å². The molecule has 0 aromatic heterocycles. The lowest BCUT2D eigenvalue weighted by Crippen LogP contribution is -2.52. The van der Waals surface area contributed by atoms with Gasteiger partial charge in [-0.05, 0) is 46.1 Å². The fourth-order valence-corrected chi connectivity index (χ4v) is 3.08. The number of nitrogens with zero attached hydrogens (tertiary/aromatic N) is 1. The normalized spacial score (nSPS) is 13.1. The fraction of sp³-hybridized carbons (Fsp3) is 0.625. The number of hydrogen-bond acceptors (Lipinski definition) is 4. The second-order valence-corrected chi connectivity index (χ2v) is 8.71. The molecule has 0 saturated heterocycles. The predicted molar refractivity (Wildman–Crippen MR) is 123 cm³/mol. The minimum Gasteiger partial charge on any atom is -0.444 e. The van der Waals surface area contributed by atoms with Crippen LogP contribution in [0.25, 0.3) is 0 Å². The third-order valence-corrected chi connectivity index (χ3v) is 4.64. The van der Waals surface area contributed by atoms with Gasteiger partial charge in [0.1, 0.15) is 17.7 Å². The highest BCUT2D eigenvalue weighted by atomic mass is 16.6. The zero-order chi connectivity index (χ0) is 23.4. The Bertz CT molecular complexity index is 701. The molecule has 2 unspecified atom stereocenters. The number of nitrogens with one attached hydrogen (secondary N) is 2. The molecule has 0 spiro atoms. The second kappa shape index (κ2) is 13.0. The van der Waals surface area contributed by atoms with E-state index in [1.807, 2.05) is 37.3 Å². The molecule has 0 bridgehead atoms. The van der Waals surface area contributed by atoms with Crippen molar-refractivity contribution >= 4 is 17.9 Å². The van der Waals surface area contributed by atoms with Crippen molar-refractivity contribution in [2.24, 2.45) is 0 Å². The van der Waals surface area contributed by atoms with Crippen molar-refractivity contribution in [2.45, 2.75) is 84.9 Å². The van der Waals surface area contributed by atoms with Gasteiger partial charge in [-0.25, -0.2) is 4.79 Å². The van der Waals surface area contributed by atoms with Gasteiger partial charge in [0.2, 0.25) is 11.8 Å². The van der Waals surface area contributed by atoms with Crippen LogP contribution in [-0.2, 0) is 14.3 Å². The topological polar surface area (TPSA) is 87.7 Å². The van der Waals surface area contributed by atoms with Crippen LogP contribution >= 0.6 is 0 Å². The smallest absolute Gasteiger partial charge is 0.408 e. The fourth-order valence-electron chi connectivity index (χ4n) is 3.08.